The van der Waals surface area contributed by atoms with Gasteiger partial charge in [0, 0.05) is 101 Å². The third kappa shape index (κ3) is 16.5. The highest BCUT2D eigenvalue weighted by Crippen LogP contribution is 2.56. The predicted molar refractivity (Wildman–Crippen MR) is 621 cm³/mol. The zero-order chi connectivity index (χ0) is 97.5. The van der Waals surface area contributed by atoms with Gasteiger partial charge in [0.05, 0.1) is 34.1 Å². The Labute approximate surface area is 842 Å². The molecule has 0 atom stereocenters. The molecule has 0 aliphatic rings. The number of anilines is 18. The van der Waals surface area contributed by atoms with Crippen molar-refractivity contribution in [3.63, 3.8) is 0 Å². The molecule has 6 heteroatoms. The molecule has 0 bridgehead atoms. The lowest BCUT2D eigenvalue weighted by Gasteiger charge is -2.31. The highest BCUT2D eigenvalue weighted by molar-refractivity contribution is 6.33. The van der Waals surface area contributed by atoms with Gasteiger partial charge in [0.15, 0.2) is 0 Å². The van der Waals surface area contributed by atoms with Crippen molar-refractivity contribution in [2.75, 3.05) is 29.4 Å². The van der Waals surface area contributed by atoms with Gasteiger partial charge in [-0.05, 0) is 393 Å². The monoisotopic (exact) mass is 1850 g/mol. The lowest BCUT2D eigenvalue weighted by atomic mass is 9.90. The summed E-state index contributed by atoms with van der Waals surface area (Å²) in [7, 11) is 0. The van der Waals surface area contributed by atoms with Crippen molar-refractivity contribution in [2.45, 2.75) is 69.2 Å². The largest absolute Gasteiger partial charge is 0.310 e. The van der Waals surface area contributed by atoms with Crippen molar-refractivity contribution in [2.24, 2.45) is 0 Å². The second-order valence-corrected chi connectivity index (χ2v) is 39.3. The topological polar surface area (TPSA) is 19.4 Å². The lowest BCUT2D eigenvalue weighted by molar-refractivity contribution is 1.24. The standard InChI is InChI=1S/C50H36N2.C48H44N2.C40H28N2/c1-33-11-7-19-41(27-33)51(43-25-23-35-13-3-5-15-37(35)29-43)47-31-39-17-10-22-46-48(32-40-18-9-21-45(47)49(40)50(39)46)52(42-20-8-12-34(2)28-42)44-26-24-36-14-4-6-16-38(36)30-44;1-29-15-30(2)20-39(19-29)49(40-21-31(3)16-32(4)22-40)45-27-37-11-10-14-44-46(28-38-12-9-13-43(45)47(38)48(37)44)50(41-23-33(5)17-34(6)24-41)42-25-35(7)18-36(8)26-42;1-5-17-31(18-6-1)41(32-19-7-2-8-20-32)37-27-29-15-14-26-36-38(28-30-16-13-25-35(37)39(30)40(29)36)42(33-21-9-3-10-22-33)34-23-11-4-12-24-34/h3-32H,1-2H3;9-28H,1-8H3;1-28H. The van der Waals surface area contributed by atoms with Crippen molar-refractivity contribution in [3.05, 3.63) is 529 Å². The first kappa shape index (κ1) is 88.8. The molecule has 0 spiro atoms. The van der Waals surface area contributed by atoms with E-state index in [1.54, 1.807) is 0 Å². The first-order valence-electron chi connectivity index (χ1n) is 50.0. The van der Waals surface area contributed by atoms with Crippen LogP contribution in [-0.2, 0) is 0 Å². The Balaban J connectivity index is 0.000000117. The van der Waals surface area contributed by atoms with Gasteiger partial charge in [-0.1, -0.05) is 291 Å². The van der Waals surface area contributed by atoms with Crippen LogP contribution in [0.3, 0.4) is 0 Å². The minimum absolute atomic E-state index is 1.14. The third-order valence-corrected chi connectivity index (χ3v) is 28.6. The Hall–Kier alpha value is -17.8. The molecule has 0 fully saturated rings. The van der Waals surface area contributed by atoms with Gasteiger partial charge in [-0.2, -0.15) is 0 Å². The van der Waals surface area contributed by atoms with E-state index in [1.807, 2.05) is 0 Å². The Morgan fingerprint density at radius 1 is 0.104 bits per heavy atom. The second-order valence-electron chi connectivity index (χ2n) is 39.3. The fourth-order valence-electron chi connectivity index (χ4n) is 22.9. The molecular weight excluding hydrogens is 1740 g/mol. The quantitative estimate of drug-likeness (QED) is 0.0792. The van der Waals surface area contributed by atoms with Gasteiger partial charge in [0.25, 0.3) is 0 Å². The summed E-state index contributed by atoms with van der Waals surface area (Å²) in [4.78, 5) is 14.6. The Morgan fingerprint density at radius 3 is 0.507 bits per heavy atom. The van der Waals surface area contributed by atoms with Crippen molar-refractivity contribution in [1.29, 1.82) is 0 Å². The molecule has 26 rings (SSSR count). The van der Waals surface area contributed by atoms with Crippen LogP contribution in [0.1, 0.15) is 55.6 Å². The van der Waals surface area contributed by atoms with E-state index in [1.165, 1.54) is 231 Å². The van der Waals surface area contributed by atoms with E-state index in [4.69, 9.17) is 0 Å². The van der Waals surface area contributed by atoms with Crippen LogP contribution in [0.15, 0.2) is 473 Å². The van der Waals surface area contributed by atoms with Crippen LogP contribution in [0.5, 0.6) is 0 Å². The fourth-order valence-corrected chi connectivity index (χ4v) is 22.9. The van der Waals surface area contributed by atoms with Gasteiger partial charge in [-0.15, -0.1) is 0 Å². The summed E-state index contributed by atoms with van der Waals surface area (Å²) < 4.78 is 0. The van der Waals surface area contributed by atoms with Crippen molar-refractivity contribution in [3.8, 4) is 0 Å². The number of hydrogen-bond donors (Lipinski definition) is 0. The number of aryl methyl sites for hydroxylation is 10. The average Bonchev–Trinajstić information content (AvgIpc) is 0.711. The number of para-hydroxylation sites is 4. The Morgan fingerprint density at radius 2 is 0.278 bits per heavy atom. The van der Waals surface area contributed by atoms with Crippen molar-refractivity contribution < 1.29 is 0 Å². The van der Waals surface area contributed by atoms with Gasteiger partial charge >= 0.3 is 0 Å². The van der Waals surface area contributed by atoms with Crippen LogP contribution in [0.2, 0.25) is 0 Å². The lowest BCUT2D eigenvalue weighted by Crippen LogP contribution is -2.13. The maximum Gasteiger partial charge on any atom is 0.0546 e. The Kier molecular flexibility index (Phi) is 22.9. The molecule has 6 nitrogen and oxygen atoms in total. The minimum Gasteiger partial charge on any atom is -0.310 e. The molecule has 26 aromatic rings. The summed E-state index contributed by atoms with van der Waals surface area (Å²) in [6.07, 6.45) is 0. The van der Waals surface area contributed by atoms with Gasteiger partial charge in [-0.25, -0.2) is 0 Å². The van der Waals surface area contributed by atoms with Gasteiger partial charge < -0.3 is 29.4 Å². The SMILES string of the molecule is Cc1cc(C)cc(N(c2cc(C)cc(C)c2)c2cc3cccc4c(N(c5cc(C)cc(C)c5)c5cc(C)cc(C)c5)cc5cccc2c5c34)c1.Cc1cccc(N(c2ccc3ccccc3c2)c2cc3cccc4c(N(c5cccc(C)c5)c5ccc6ccccc6c5)cc5cccc2c5c34)c1.c1ccc(N(c2ccccc2)c2cc3cccc4c(N(c5ccccc5)c5ccccc5)cc5cccc2c5c34)cc1. The predicted octanol–water partition coefficient (Wildman–Crippen LogP) is 40.0. The highest BCUT2D eigenvalue weighted by Gasteiger charge is 2.30. The summed E-state index contributed by atoms with van der Waals surface area (Å²) in [6.45, 7) is 21.9. The summed E-state index contributed by atoms with van der Waals surface area (Å²) in [5, 5.41) is 27.5. The van der Waals surface area contributed by atoms with Crippen molar-refractivity contribution >= 4 is 221 Å². The van der Waals surface area contributed by atoms with Crippen LogP contribution < -0.4 is 29.4 Å². The molecule has 0 amide bonds. The van der Waals surface area contributed by atoms with E-state index in [-0.39, 0.29) is 0 Å². The molecule has 690 valence electrons. The number of fused-ring (bicyclic) bond motifs is 2. The molecule has 0 radical (unpaired) electrons. The number of nitrogens with zero attached hydrogens (tertiary/aromatic N) is 6. The van der Waals surface area contributed by atoms with E-state index in [0.29, 0.717) is 0 Å². The van der Waals surface area contributed by atoms with E-state index in [9.17, 15) is 0 Å². The minimum atomic E-state index is 1.14. The average molecular weight is 1850 g/mol. The summed E-state index contributed by atoms with van der Waals surface area (Å²) in [5.74, 6) is 0. The molecule has 0 saturated carbocycles. The van der Waals surface area contributed by atoms with E-state index in [2.05, 4.69) is 572 Å². The van der Waals surface area contributed by atoms with Gasteiger partial charge in [-0.3, -0.25) is 0 Å². The Bertz CT molecular complexity index is 8570. The summed E-state index contributed by atoms with van der Waals surface area (Å²) in [5.41, 5.74) is 33.4. The molecule has 0 heterocycles. The summed E-state index contributed by atoms with van der Waals surface area (Å²) in [6, 6.07) is 174. The van der Waals surface area contributed by atoms with Crippen LogP contribution >= 0.6 is 0 Å². The summed E-state index contributed by atoms with van der Waals surface area (Å²) >= 11 is 0. The molecule has 0 aliphatic carbocycles. The van der Waals surface area contributed by atoms with E-state index >= 15 is 0 Å². The molecule has 0 aromatic heterocycles. The van der Waals surface area contributed by atoms with E-state index < -0.39 is 0 Å². The number of hydrogen-bond acceptors (Lipinski definition) is 6. The maximum absolute atomic E-state index is 2.47. The third-order valence-electron chi connectivity index (χ3n) is 28.6. The molecule has 0 N–H and O–H groups in total. The zero-order valence-electron chi connectivity index (χ0n) is 82.7. The first-order valence-corrected chi connectivity index (χ1v) is 50.0. The number of benzene rings is 26. The molecule has 144 heavy (non-hydrogen) atoms. The van der Waals surface area contributed by atoms with Crippen LogP contribution in [0, 0.1) is 69.2 Å². The smallest absolute Gasteiger partial charge is 0.0546 e. The second kappa shape index (κ2) is 37.1. The zero-order valence-corrected chi connectivity index (χ0v) is 82.7. The highest BCUT2D eigenvalue weighted by atomic mass is 15.2. The molecular formula is C138H108N6. The normalized spacial score (nSPS) is 11.5. The molecule has 26 aromatic carbocycles. The first-order chi connectivity index (χ1) is 70.5. The fraction of sp³-hybridized carbons (Fsp3) is 0.0725. The maximum atomic E-state index is 2.47. The van der Waals surface area contributed by atoms with Crippen LogP contribution in [-0.4, -0.2) is 0 Å². The number of rotatable bonds is 18. The van der Waals surface area contributed by atoms with E-state index in [0.717, 1.165) is 45.5 Å². The molecule has 0 saturated heterocycles. The van der Waals surface area contributed by atoms with Crippen molar-refractivity contribution in [1.82, 2.24) is 0 Å². The van der Waals surface area contributed by atoms with Crippen LogP contribution in [0.4, 0.5) is 102 Å². The molecule has 0 unspecified atom stereocenters. The molecule has 0 aliphatic heterocycles. The van der Waals surface area contributed by atoms with Gasteiger partial charge in [0.1, 0.15) is 0 Å². The van der Waals surface area contributed by atoms with Gasteiger partial charge in [0.2, 0.25) is 0 Å². The van der Waals surface area contributed by atoms with Crippen LogP contribution in [0.25, 0.3) is 118 Å².